The summed E-state index contributed by atoms with van der Waals surface area (Å²) in [5.74, 6) is 0.766. The average Bonchev–Trinajstić information content (AvgIpc) is 2.68. The van der Waals surface area contributed by atoms with E-state index in [0.717, 1.165) is 25.6 Å². The Kier molecular flexibility index (Phi) is 6.45. The normalized spacial score (nSPS) is 19.8. The Morgan fingerprint density at radius 2 is 1.76 bits per heavy atom. The molecule has 17 heavy (non-hydrogen) atoms. The van der Waals surface area contributed by atoms with Crippen LogP contribution in [0.2, 0.25) is 0 Å². The molecular weight excluding hydrogens is 210 g/mol. The van der Waals surface area contributed by atoms with E-state index in [0.29, 0.717) is 0 Å². The Morgan fingerprint density at radius 3 is 2.35 bits per heavy atom. The molecule has 102 valence electrons. The van der Waals surface area contributed by atoms with E-state index >= 15 is 0 Å². The van der Waals surface area contributed by atoms with E-state index in [9.17, 15) is 0 Å². The van der Waals surface area contributed by atoms with E-state index in [1.807, 2.05) is 0 Å². The minimum Gasteiger partial charge on any atom is -0.315 e. The molecule has 1 aliphatic rings. The minimum atomic E-state index is 0.239. The lowest BCUT2D eigenvalue weighted by Gasteiger charge is -2.22. The number of rotatable bonds is 7. The van der Waals surface area contributed by atoms with Crippen LogP contribution in [-0.2, 0) is 0 Å². The molecule has 1 fully saturated rings. The van der Waals surface area contributed by atoms with Crippen LogP contribution in [0.1, 0.15) is 40.5 Å². The second-order valence-electron chi connectivity index (χ2n) is 6.49. The van der Waals surface area contributed by atoms with Gasteiger partial charge in [0.05, 0.1) is 0 Å². The predicted octanol–water partition coefficient (Wildman–Crippen LogP) is 1.70. The summed E-state index contributed by atoms with van der Waals surface area (Å²) in [5, 5.41) is 7.04. The maximum Gasteiger partial charge on any atom is 0.00970 e. The van der Waals surface area contributed by atoms with Crippen LogP contribution < -0.4 is 10.6 Å². The average molecular weight is 241 g/mol. The highest BCUT2D eigenvalue weighted by Crippen LogP contribution is 2.09. The van der Waals surface area contributed by atoms with E-state index < -0.39 is 0 Å². The summed E-state index contributed by atoms with van der Waals surface area (Å²) in [4.78, 5) is 2.60. The van der Waals surface area contributed by atoms with E-state index in [2.05, 4.69) is 43.2 Å². The third-order valence-corrected chi connectivity index (χ3v) is 3.22. The number of hydrogen-bond acceptors (Lipinski definition) is 3. The molecule has 0 spiro atoms. The van der Waals surface area contributed by atoms with Crippen molar-refractivity contribution in [3.8, 4) is 0 Å². The van der Waals surface area contributed by atoms with Gasteiger partial charge in [-0.2, -0.15) is 0 Å². The topological polar surface area (TPSA) is 27.3 Å². The minimum absolute atomic E-state index is 0.239. The van der Waals surface area contributed by atoms with Crippen LogP contribution in [0.5, 0.6) is 0 Å². The molecular formula is C14H31N3. The molecule has 2 N–H and O–H groups in total. The van der Waals surface area contributed by atoms with E-state index in [1.165, 1.54) is 32.5 Å². The second-order valence-corrected chi connectivity index (χ2v) is 6.49. The zero-order chi connectivity index (χ0) is 12.7. The Hall–Kier alpha value is -0.120. The van der Waals surface area contributed by atoms with Gasteiger partial charge in [-0.25, -0.2) is 0 Å². The summed E-state index contributed by atoms with van der Waals surface area (Å²) in [7, 11) is 0. The van der Waals surface area contributed by atoms with Crippen LogP contribution in [0.3, 0.4) is 0 Å². The lowest BCUT2D eigenvalue weighted by molar-refractivity contribution is 0.282. The molecule has 1 rings (SSSR count). The molecule has 3 nitrogen and oxygen atoms in total. The first-order valence-corrected chi connectivity index (χ1v) is 7.15. The Bertz CT molecular complexity index is 192. The molecule has 0 aromatic carbocycles. The lowest BCUT2D eigenvalue weighted by Crippen LogP contribution is -2.41. The van der Waals surface area contributed by atoms with Crippen molar-refractivity contribution in [1.82, 2.24) is 15.5 Å². The van der Waals surface area contributed by atoms with Gasteiger partial charge in [0, 0.05) is 25.2 Å². The van der Waals surface area contributed by atoms with Crippen LogP contribution >= 0.6 is 0 Å². The maximum atomic E-state index is 3.54. The van der Waals surface area contributed by atoms with Gasteiger partial charge in [-0.15, -0.1) is 0 Å². The molecule has 1 saturated heterocycles. The number of nitrogens with zero attached hydrogens (tertiary/aromatic N) is 1. The van der Waals surface area contributed by atoms with Gasteiger partial charge < -0.3 is 15.5 Å². The van der Waals surface area contributed by atoms with Crippen molar-refractivity contribution >= 4 is 0 Å². The fourth-order valence-corrected chi connectivity index (χ4v) is 2.34. The van der Waals surface area contributed by atoms with Crippen molar-refractivity contribution in [3.05, 3.63) is 0 Å². The Balaban J connectivity index is 1.94. The molecule has 0 bridgehead atoms. The highest BCUT2D eigenvalue weighted by Gasteiger charge is 2.14. The Morgan fingerprint density at radius 1 is 1.12 bits per heavy atom. The van der Waals surface area contributed by atoms with Gasteiger partial charge in [-0.05, 0) is 59.2 Å². The molecule has 1 atom stereocenters. The van der Waals surface area contributed by atoms with Crippen molar-refractivity contribution in [2.45, 2.75) is 46.1 Å². The van der Waals surface area contributed by atoms with E-state index in [-0.39, 0.29) is 5.54 Å². The van der Waals surface area contributed by atoms with Gasteiger partial charge >= 0.3 is 0 Å². The SMILES string of the molecule is CC(CNCCNC(C)(C)C)CN1CCCC1. The smallest absolute Gasteiger partial charge is 0.00970 e. The van der Waals surface area contributed by atoms with Crippen molar-refractivity contribution in [3.63, 3.8) is 0 Å². The molecule has 0 aromatic heterocycles. The Labute approximate surface area is 107 Å². The fourth-order valence-electron chi connectivity index (χ4n) is 2.34. The molecule has 1 unspecified atom stereocenters. The fraction of sp³-hybridized carbons (Fsp3) is 1.00. The molecule has 0 amide bonds. The zero-order valence-corrected chi connectivity index (χ0v) is 12.2. The lowest BCUT2D eigenvalue weighted by atomic mass is 10.1. The predicted molar refractivity (Wildman–Crippen MR) is 75.5 cm³/mol. The molecule has 0 aromatic rings. The standard InChI is InChI=1S/C14H31N3/c1-13(12-17-9-5-6-10-17)11-15-7-8-16-14(2,3)4/h13,15-16H,5-12H2,1-4H3. The summed E-state index contributed by atoms with van der Waals surface area (Å²) in [5.41, 5.74) is 0.239. The zero-order valence-electron chi connectivity index (χ0n) is 12.2. The first kappa shape index (κ1) is 14.9. The summed E-state index contributed by atoms with van der Waals surface area (Å²) in [6.07, 6.45) is 2.80. The molecule has 0 radical (unpaired) electrons. The third-order valence-electron chi connectivity index (χ3n) is 3.22. The highest BCUT2D eigenvalue weighted by atomic mass is 15.1. The van der Waals surface area contributed by atoms with Gasteiger partial charge in [-0.3, -0.25) is 0 Å². The molecule has 1 heterocycles. The maximum absolute atomic E-state index is 3.54. The van der Waals surface area contributed by atoms with Gasteiger partial charge in [-0.1, -0.05) is 6.92 Å². The summed E-state index contributed by atoms with van der Waals surface area (Å²) >= 11 is 0. The van der Waals surface area contributed by atoms with Gasteiger partial charge in [0.1, 0.15) is 0 Å². The molecule has 1 aliphatic heterocycles. The number of likely N-dealkylation sites (tertiary alicyclic amines) is 1. The molecule has 0 saturated carbocycles. The van der Waals surface area contributed by atoms with Gasteiger partial charge in [0.15, 0.2) is 0 Å². The monoisotopic (exact) mass is 241 g/mol. The van der Waals surface area contributed by atoms with Crippen molar-refractivity contribution < 1.29 is 0 Å². The summed E-state index contributed by atoms with van der Waals surface area (Å²) in [6, 6.07) is 0. The molecule has 3 heteroatoms. The molecule has 0 aliphatic carbocycles. The van der Waals surface area contributed by atoms with E-state index in [4.69, 9.17) is 0 Å². The van der Waals surface area contributed by atoms with Gasteiger partial charge in [0.25, 0.3) is 0 Å². The highest BCUT2D eigenvalue weighted by molar-refractivity contribution is 4.72. The van der Waals surface area contributed by atoms with Crippen LogP contribution in [0, 0.1) is 5.92 Å². The van der Waals surface area contributed by atoms with Crippen LogP contribution in [0.15, 0.2) is 0 Å². The van der Waals surface area contributed by atoms with Crippen LogP contribution in [-0.4, -0.2) is 49.7 Å². The summed E-state index contributed by atoms with van der Waals surface area (Å²) < 4.78 is 0. The van der Waals surface area contributed by atoms with Crippen molar-refractivity contribution in [1.29, 1.82) is 0 Å². The summed E-state index contributed by atoms with van der Waals surface area (Å²) in [6.45, 7) is 16.1. The first-order chi connectivity index (χ1) is 7.97. The van der Waals surface area contributed by atoms with Crippen LogP contribution in [0.4, 0.5) is 0 Å². The second kappa shape index (κ2) is 7.34. The number of nitrogens with one attached hydrogen (secondary N) is 2. The first-order valence-electron chi connectivity index (χ1n) is 7.15. The van der Waals surface area contributed by atoms with Crippen molar-refractivity contribution in [2.24, 2.45) is 5.92 Å². The van der Waals surface area contributed by atoms with Crippen LogP contribution in [0.25, 0.3) is 0 Å². The van der Waals surface area contributed by atoms with Gasteiger partial charge in [0.2, 0.25) is 0 Å². The number of hydrogen-bond donors (Lipinski definition) is 2. The van der Waals surface area contributed by atoms with Crippen molar-refractivity contribution in [2.75, 3.05) is 39.3 Å². The largest absolute Gasteiger partial charge is 0.315 e. The van der Waals surface area contributed by atoms with E-state index in [1.54, 1.807) is 0 Å². The quantitative estimate of drug-likeness (QED) is 0.664. The third kappa shape index (κ3) is 7.74.